The van der Waals surface area contributed by atoms with Gasteiger partial charge >= 0.3 is 6.09 Å². The molecule has 12 nitrogen and oxygen atoms in total. The highest BCUT2D eigenvalue weighted by Crippen LogP contribution is 2.16. The van der Waals surface area contributed by atoms with E-state index in [1.54, 1.807) is 18.2 Å². The van der Waals surface area contributed by atoms with E-state index < -0.39 is 12.0 Å². The number of anilines is 2. The van der Waals surface area contributed by atoms with Crippen LogP contribution in [0.25, 0.3) is 11.0 Å². The molecule has 1 aromatic carbocycles. The Morgan fingerprint density at radius 3 is 2.82 bits per heavy atom. The van der Waals surface area contributed by atoms with Crippen molar-refractivity contribution in [3.63, 3.8) is 0 Å². The maximum Gasteiger partial charge on any atom is 0.412 e. The van der Waals surface area contributed by atoms with E-state index >= 15 is 0 Å². The molecule has 0 saturated carbocycles. The molecule has 0 aliphatic heterocycles. The number of aryl methyl sites for hydroxylation is 1. The number of carbonyl (C=O) groups excluding carboxylic acids is 3. The molecule has 0 spiro atoms. The number of amides is 3. The Bertz CT molecular complexity index is 1020. The summed E-state index contributed by atoms with van der Waals surface area (Å²) < 4.78 is 4.48. The van der Waals surface area contributed by atoms with Crippen molar-refractivity contribution in [1.29, 1.82) is 0 Å². The molecule has 146 valence electrons. The smallest absolute Gasteiger partial charge is 0.412 e. The fraction of sp³-hybridized carbons (Fsp3) is 0.250. The highest BCUT2D eigenvalue weighted by molar-refractivity contribution is 5.99. The molecular formula is C16H18N8O4. The van der Waals surface area contributed by atoms with E-state index in [1.807, 2.05) is 0 Å². The lowest BCUT2D eigenvalue weighted by atomic mass is 10.2. The third-order valence-electron chi connectivity index (χ3n) is 3.83. The Balaban J connectivity index is 1.55. The molecule has 0 fully saturated rings. The number of hydrogen-bond acceptors (Lipinski definition) is 7. The van der Waals surface area contributed by atoms with Crippen molar-refractivity contribution < 1.29 is 19.1 Å². The Morgan fingerprint density at radius 1 is 1.25 bits per heavy atom. The predicted molar refractivity (Wildman–Crippen MR) is 98.6 cm³/mol. The Labute approximate surface area is 158 Å². The SMILES string of the molecule is COC(=O)Nc1[nH]c(CCCC(=O)Nc2ccc3[nH]nnc3c2)nc1C(N)=O. The standard InChI is InChI=1S/C16H18N8O4/c1-28-16(27)21-15-13(14(17)26)19-11(20-15)3-2-4-12(25)18-8-5-6-9-10(7-8)23-24-22-9/h5-7H,2-4H2,1H3,(H2,17,26)(H,18,25)(H,19,20)(H,21,27)(H,22,23,24). The van der Waals surface area contributed by atoms with Crippen LogP contribution in [0.15, 0.2) is 18.2 Å². The first-order chi connectivity index (χ1) is 13.5. The van der Waals surface area contributed by atoms with Gasteiger partial charge in [0, 0.05) is 18.5 Å². The number of nitrogens with two attached hydrogens (primary N) is 1. The molecule has 3 aromatic rings. The number of methoxy groups -OCH3 is 1. The number of carbonyl (C=O) groups is 3. The molecule has 28 heavy (non-hydrogen) atoms. The number of benzene rings is 1. The van der Waals surface area contributed by atoms with Crippen molar-refractivity contribution in [3.8, 4) is 0 Å². The van der Waals surface area contributed by atoms with Crippen molar-refractivity contribution in [2.75, 3.05) is 17.7 Å². The quantitative estimate of drug-likeness (QED) is 0.400. The molecule has 6 N–H and O–H groups in total. The topological polar surface area (TPSA) is 181 Å². The zero-order valence-electron chi connectivity index (χ0n) is 14.9. The van der Waals surface area contributed by atoms with Gasteiger partial charge in [-0.3, -0.25) is 20.0 Å². The van der Waals surface area contributed by atoms with Crippen LogP contribution in [0.5, 0.6) is 0 Å². The van der Waals surface area contributed by atoms with Crippen molar-refractivity contribution in [3.05, 3.63) is 29.7 Å². The number of H-pyrrole nitrogens is 2. The molecule has 2 aromatic heterocycles. The first-order valence-corrected chi connectivity index (χ1v) is 8.30. The first-order valence-electron chi connectivity index (χ1n) is 8.30. The maximum atomic E-state index is 12.1. The average molecular weight is 386 g/mol. The van der Waals surface area contributed by atoms with E-state index in [2.05, 4.69) is 40.7 Å². The number of nitrogens with zero attached hydrogens (tertiary/aromatic N) is 3. The van der Waals surface area contributed by atoms with E-state index in [0.29, 0.717) is 29.9 Å². The predicted octanol–water partition coefficient (Wildman–Crippen LogP) is 0.920. The number of hydrogen-bond donors (Lipinski definition) is 5. The van der Waals surface area contributed by atoms with Crippen LogP contribution in [0.3, 0.4) is 0 Å². The number of ether oxygens (including phenoxy) is 1. The number of primary amides is 1. The minimum absolute atomic E-state index is 0.0553. The fourth-order valence-electron chi connectivity index (χ4n) is 2.52. The zero-order chi connectivity index (χ0) is 20.1. The van der Waals surface area contributed by atoms with Crippen LogP contribution in [0.2, 0.25) is 0 Å². The van der Waals surface area contributed by atoms with Gasteiger partial charge in [0.05, 0.1) is 12.6 Å². The van der Waals surface area contributed by atoms with Crippen LogP contribution >= 0.6 is 0 Å². The summed E-state index contributed by atoms with van der Waals surface area (Å²) in [4.78, 5) is 41.7. The fourth-order valence-corrected chi connectivity index (χ4v) is 2.52. The highest BCUT2D eigenvalue weighted by atomic mass is 16.5. The van der Waals surface area contributed by atoms with Crippen molar-refractivity contribution in [2.24, 2.45) is 5.73 Å². The number of fused-ring (bicyclic) bond motifs is 1. The molecule has 0 saturated heterocycles. The lowest BCUT2D eigenvalue weighted by Crippen LogP contribution is -2.18. The van der Waals surface area contributed by atoms with E-state index in [4.69, 9.17) is 5.73 Å². The minimum Gasteiger partial charge on any atom is -0.453 e. The lowest BCUT2D eigenvalue weighted by molar-refractivity contribution is -0.116. The van der Waals surface area contributed by atoms with Crippen LogP contribution in [0.4, 0.5) is 16.3 Å². The maximum absolute atomic E-state index is 12.1. The molecule has 0 aliphatic carbocycles. The monoisotopic (exact) mass is 386 g/mol. The summed E-state index contributed by atoms with van der Waals surface area (Å²) in [6, 6.07) is 5.23. The van der Waals surface area contributed by atoms with Gasteiger partial charge in [-0.2, -0.15) is 0 Å². The third kappa shape index (κ3) is 4.41. The molecule has 3 amide bonds. The van der Waals surface area contributed by atoms with Gasteiger partial charge in [-0.15, -0.1) is 5.10 Å². The molecule has 0 bridgehead atoms. The summed E-state index contributed by atoms with van der Waals surface area (Å²) in [5.74, 6) is -0.510. The molecule has 0 aliphatic rings. The average Bonchev–Trinajstić information content (AvgIpc) is 3.28. The Kier molecular flexibility index (Phi) is 5.48. The summed E-state index contributed by atoms with van der Waals surface area (Å²) in [5, 5.41) is 15.4. The number of imidazole rings is 1. The second-order valence-corrected chi connectivity index (χ2v) is 5.83. The van der Waals surface area contributed by atoms with Gasteiger partial charge in [-0.05, 0) is 24.6 Å². The Morgan fingerprint density at radius 2 is 2.07 bits per heavy atom. The number of nitrogens with one attached hydrogen (secondary N) is 4. The van der Waals surface area contributed by atoms with E-state index in [-0.39, 0.29) is 23.8 Å². The van der Waals surface area contributed by atoms with Crippen LogP contribution < -0.4 is 16.4 Å². The molecule has 0 unspecified atom stereocenters. The molecular weight excluding hydrogens is 368 g/mol. The number of aromatic nitrogens is 5. The molecule has 3 rings (SSSR count). The number of aromatic amines is 2. The van der Waals surface area contributed by atoms with Gasteiger partial charge < -0.3 is 20.8 Å². The van der Waals surface area contributed by atoms with E-state index in [9.17, 15) is 14.4 Å². The highest BCUT2D eigenvalue weighted by Gasteiger charge is 2.17. The second-order valence-electron chi connectivity index (χ2n) is 5.83. The first kappa shape index (κ1) is 18.8. The third-order valence-corrected chi connectivity index (χ3v) is 3.83. The van der Waals surface area contributed by atoms with Crippen molar-refractivity contribution in [2.45, 2.75) is 19.3 Å². The zero-order valence-corrected chi connectivity index (χ0v) is 14.9. The van der Waals surface area contributed by atoms with Gasteiger partial charge in [0.25, 0.3) is 5.91 Å². The van der Waals surface area contributed by atoms with Crippen molar-refractivity contribution >= 4 is 40.4 Å². The largest absolute Gasteiger partial charge is 0.453 e. The normalized spacial score (nSPS) is 10.6. The summed E-state index contributed by atoms with van der Waals surface area (Å²) in [5.41, 5.74) is 7.19. The minimum atomic E-state index is -0.796. The van der Waals surface area contributed by atoms with Gasteiger partial charge in [-0.1, -0.05) is 5.21 Å². The van der Waals surface area contributed by atoms with Gasteiger partial charge in [0.2, 0.25) is 5.91 Å². The van der Waals surface area contributed by atoms with Gasteiger partial charge in [0.1, 0.15) is 17.2 Å². The van der Waals surface area contributed by atoms with Crippen LogP contribution in [0.1, 0.15) is 29.2 Å². The van der Waals surface area contributed by atoms with Crippen LogP contribution in [0, 0.1) is 0 Å². The van der Waals surface area contributed by atoms with Gasteiger partial charge in [0.15, 0.2) is 5.69 Å². The lowest BCUT2D eigenvalue weighted by Gasteiger charge is -2.04. The molecule has 0 radical (unpaired) electrons. The van der Waals surface area contributed by atoms with Gasteiger partial charge in [-0.25, -0.2) is 9.78 Å². The molecule has 0 atom stereocenters. The van der Waals surface area contributed by atoms with Crippen LogP contribution in [-0.4, -0.2) is 50.4 Å². The Hall–Kier alpha value is -3.96. The second kappa shape index (κ2) is 8.16. The summed E-state index contributed by atoms with van der Waals surface area (Å²) in [6.45, 7) is 0. The van der Waals surface area contributed by atoms with E-state index in [0.717, 1.165) is 5.52 Å². The van der Waals surface area contributed by atoms with E-state index in [1.165, 1.54) is 7.11 Å². The van der Waals surface area contributed by atoms with Crippen molar-refractivity contribution in [1.82, 2.24) is 25.4 Å². The summed E-state index contributed by atoms with van der Waals surface area (Å²) >= 11 is 0. The molecule has 2 heterocycles. The van der Waals surface area contributed by atoms with Crippen LogP contribution in [-0.2, 0) is 16.0 Å². The number of rotatable bonds is 7. The summed E-state index contributed by atoms with van der Waals surface area (Å²) in [6.07, 6.45) is 0.296. The molecule has 12 heteroatoms. The summed E-state index contributed by atoms with van der Waals surface area (Å²) in [7, 11) is 1.19.